The van der Waals surface area contributed by atoms with Crippen LogP contribution in [0.2, 0.25) is 5.02 Å². The second-order valence-corrected chi connectivity index (χ2v) is 5.86. The highest BCUT2D eigenvalue weighted by Crippen LogP contribution is 2.39. The molecule has 0 aromatic heterocycles. The van der Waals surface area contributed by atoms with Crippen molar-refractivity contribution in [2.24, 2.45) is 0 Å². The van der Waals surface area contributed by atoms with E-state index >= 15 is 0 Å². The van der Waals surface area contributed by atoms with Crippen molar-refractivity contribution in [2.75, 3.05) is 5.32 Å². The van der Waals surface area contributed by atoms with Gasteiger partial charge in [0.25, 0.3) is 0 Å². The zero-order valence-electron chi connectivity index (χ0n) is 11.2. The van der Waals surface area contributed by atoms with Gasteiger partial charge < -0.3 is 10.4 Å². The molecule has 0 heterocycles. The van der Waals surface area contributed by atoms with E-state index in [0.717, 1.165) is 29.1 Å². The first-order chi connectivity index (χ1) is 9.74. The fourth-order valence-corrected chi connectivity index (χ4v) is 2.96. The first-order valence-corrected chi connectivity index (χ1v) is 7.34. The molecule has 0 atom stereocenters. The number of benzene rings is 2. The molecule has 0 bridgehead atoms. The molecular formula is C17H18ClNO. The largest absolute Gasteiger partial charge is 0.392 e. The Morgan fingerprint density at radius 3 is 2.65 bits per heavy atom. The number of anilines is 1. The van der Waals surface area contributed by atoms with E-state index in [1.807, 2.05) is 36.4 Å². The van der Waals surface area contributed by atoms with E-state index in [-0.39, 0.29) is 6.61 Å². The topological polar surface area (TPSA) is 32.3 Å². The van der Waals surface area contributed by atoms with Gasteiger partial charge in [-0.25, -0.2) is 0 Å². The number of hydrogen-bond acceptors (Lipinski definition) is 2. The molecule has 3 heteroatoms. The standard InChI is InChI=1S/C17H18ClNO/c18-15-5-2-4-13(8-15)14-9-17(10-14)19-16-6-1-3-12(7-16)11-20/h1-8,14,17,19-20H,9-11H2. The molecule has 1 saturated carbocycles. The van der Waals surface area contributed by atoms with Gasteiger partial charge in [-0.15, -0.1) is 0 Å². The van der Waals surface area contributed by atoms with Crippen LogP contribution >= 0.6 is 11.6 Å². The summed E-state index contributed by atoms with van der Waals surface area (Å²) >= 11 is 6.03. The molecule has 0 aliphatic heterocycles. The molecule has 2 aromatic carbocycles. The highest BCUT2D eigenvalue weighted by molar-refractivity contribution is 6.30. The van der Waals surface area contributed by atoms with Crippen LogP contribution in [0.3, 0.4) is 0 Å². The van der Waals surface area contributed by atoms with E-state index in [0.29, 0.717) is 12.0 Å². The lowest BCUT2D eigenvalue weighted by atomic mass is 9.76. The molecule has 1 aliphatic carbocycles. The SMILES string of the molecule is OCc1cccc(NC2CC(c3cccc(Cl)c3)C2)c1. The van der Waals surface area contributed by atoms with Crippen molar-refractivity contribution in [1.29, 1.82) is 0 Å². The summed E-state index contributed by atoms with van der Waals surface area (Å²) < 4.78 is 0. The fourth-order valence-electron chi connectivity index (χ4n) is 2.76. The third-order valence-corrected chi connectivity index (χ3v) is 4.17. The van der Waals surface area contributed by atoms with Gasteiger partial charge in [-0.3, -0.25) is 0 Å². The summed E-state index contributed by atoms with van der Waals surface area (Å²) in [6.45, 7) is 0.0886. The van der Waals surface area contributed by atoms with Crippen LogP contribution in [0.5, 0.6) is 0 Å². The summed E-state index contributed by atoms with van der Waals surface area (Å²) in [5.41, 5.74) is 3.37. The number of halogens is 1. The van der Waals surface area contributed by atoms with Crippen LogP contribution in [0.1, 0.15) is 29.9 Å². The molecule has 1 fully saturated rings. The summed E-state index contributed by atoms with van der Waals surface area (Å²) in [6, 6.07) is 16.6. The van der Waals surface area contributed by atoms with Crippen LogP contribution in [-0.2, 0) is 6.61 Å². The van der Waals surface area contributed by atoms with E-state index in [9.17, 15) is 0 Å². The predicted octanol–water partition coefficient (Wildman–Crippen LogP) is 4.19. The van der Waals surface area contributed by atoms with Gasteiger partial charge in [-0.2, -0.15) is 0 Å². The lowest BCUT2D eigenvalue weighted by Gasteiger charge is -2.37. The molecule has 1 aliphatic rings. The Balaban J connectivity index is 1.58. The molecule has 0 unspecified atom stereocenters. The molecule has 20 heavy (non-hydrogen) atoms. The van der Waals surface area contributed by atoms with Crippen LogP contribution in [0.25, 0.3) is 0 Å². The number of nitrogens with one attached hydrogen (secondary N) is 1. The normalized spacial score (nSPS) is 21.3. The average Bonchev–Trinajstić information content (AvgIpc) is 2.42. The Kier molecular flexibility index (Phi) is 3.95. The van der Waals surface area contributed by atoms with Gasteiger partial charge in [0, 0.05) is 16.8 Å². The Morgan fingerprint density at radius 1 is 1.10 bits per heavy atom. The zero-order valence-corrected chi connectivity index (χ0v) is 12.0. The van der Waals surface area contributed by atoms with Gasteiger partial charge in [0.1, 0.15) is 0 Å². The van der Waals surface area contributed by atoms with Gasteiger partial charge in [-0.1, -0.05) is 35.9 Å². The van der Waals surface area contributed by atoms with E-state index < -0.39 is 0 Å². The van der Waals surface area contributed by atoms with Gasteiger partial charge in [0.2, 0.25) is 0 Å². The minimum Gasteiger partial charge on any atom is -0.392 e. The molecule has 0 radical (unpaired) electrons. The summed E-state index contributed by atoms with van der Waals surface area (Å²) in [5.74, 6) is 0.604. The molecule has 2 aromatic rings. The molecular weight excluding hydrogens is 270 g/mol. The van der Waals surface area contributed by atoms with E-state index in [4.69, 9.17) is 16.7 Å². The second-order valence-electron chi connectivity index (χ2n) is 5.42. The van der Waals surface area contributed by atoms with Crippen molar-refractivity contribution >= 4 is 17.3 Å². The third kappa shape index (κ3) is 2.97. The number of aliphatic hydroxyl groups excluding tert-OH is 1. The highest BCUT2D eigenvalue weighted by atomic mass is 35.5. The van der Waals surface area contributed by atoms with Crippen molar-refractivity contribution in [3.05, 3.63) is 64.7 Å². The van der Waals surface area contributed by atoms with Crippen molar-refractivity contribution in [3.63, 3.8) is 0 Å². The van der Waals surface area contributed by atoms with Crippen LogP contribution in [0, 0.1) is 0 Å². The molecule has 0 amide bonds. The van der Waals surface area contributed by atoms with Gasteiger partial charge in [0.15, 0.2) is 0 Å². The van der Waals surface area contributed by atoms with Crippen LogP contribution in [0.4, 0.5) is 5.69 Å². The van der Waals surface area contributed by atoms with E-state index in [1.165, 1.54) is 5.56 Å². The summed E-state index contributed by atoms with van der Waals surface area (Å²) in [7, 11) is 0. The minimum absolute atomic E-state index is 0.0886. The monoisotopic (exact) mass is 287 g/mol. The number of aliphatic hydroxyl groups is 1. The minimum atomic E-state index is 0.0886. The maximum atomic E-state index is 9.14. The van der Waals surface area contributed by atoms with Gasteiger partial charge in [0.05, 0.1) is 6.61 Å². The second kappa shape index (κ2) is 5.86. The first-order valence-electron chi connectivity index (χ1n) is 6.96. The number of rotatable bonds is 4. The Morgan fingerprint density at radius 2 is 1.90 bits per heavy atom. The van der Waals surface area contributed by atoms with Crippen LogP contribution < -0.4 is 5.32 Å². The Hall–Kier alpha value is -1.51. The lowest BCUT2D eigenvalue weighted by molar-refractivity contribution is 0.282. The van der Waals surface area contributed by atoms with Crippen molar-refractivity contribution in [2.45, 2.75) is 31.4 Å². The van der Waals surface area contributed by atoms with Crippen molar-refractivity contribution < 1.29 is 5.11 Å². The van der Waals surface area contributed by atoms with Gasteiger partial charge in [-0.05, 0) is 54.2 Å². The first kappa shape index (κ1) is 13.5. The average molecular weight is 288 g/mol. The number of hydrogen-bond donors (Lipinski definition) is 2. The maximum absolute atomic E-state index is 9.14. The Bertz CT molecular complexity index is 593. The Labute approximate surface area is 124 Å². The van der Waals surface area contributed by atoms with E-state index in [2.05, 4.69) is 17.4 Å². The molecule has 2 N–H and O–H groups in total. The van der Waals surface area contributed by atoms with Crippen LogP contribution in [-0.4, -0.2) is 11.1 Å². The summed E-state index contributed by atoms with van der Waals surface area (Å²) in [5, 5.41) is 13.5. The third-order valence-electron chi connectivity index (χ3n) is 3.94. The quantitative estimate of drug-likeness (QED) is 0.884. The van der Waals surface area contributed by atoms with E-state index in [1.54, 1.807) is 0 Å². The van der Waals surface area contributed by atoms with Crippen LogP contribution in [0.15, 0.2) is 48.5 Å². The molecule has 0 spiro atoms. The lowest BCUT2D eigenvalue weighted by Crippen LogP contribution is -2.34. The fraction of sp³-hybridized carbons (Fsp3) is 0.294. The molecule has 3 rings (SSSR count). The molecule has 0 saturated heterocycles. The zero-order chi connectivity index (χ0) is 13.9. The highest BCUT2D eigenvalue weighted by Gasteiger charge is 2.30. The van der Waals surface area contributed by atoms with Gasteiger partial charge >= 0.3 is 0 Å². The summed E-state index contributed by atoms with van der Waals surface area (Å²) in [6.07, 6.45) is 2.26. The van der Waals surface area contributed by atoms with Crippen molar-refractivity contribution in [3.8, 4) is 0 Å². The maximum Gasteiger partial charge on any atom is 0.0682 e. The molecule has 104 valence electrons. The predicted molar refractivity (Wildman–Crippen MR) is 83.2 cm³/mol. The smallest absolute Gasteiger partial charge is 0.0682 e. The van der Waals surface area contributed by atoms with Crippen molar-refractivity contribution in [1.82, 2.24) is 0 Å². The molecule has 2 nitrogen and oxygen atoms in total. The summed E-state index contributed by atoms with van der Waals surface area (Å²) in [4.78, 5) is 0.